The Balaban J connectivity index is 2.04. The average molecular weight is 564 g/mol. The lowest BCUT2D eigenvalue weighted by atomic mass is 10.0. The molecule has 7 nitrogen and oxygen atoms in total. The lowest BCUT2D eigenvalue weighted by Gasteiger charge is -2.34. The van der Waals surface area contributed by atoms with Gasteiger partial charge in [-0.15, -0.1) is 0 Å². The molecular weight excluding hydrogens is 522 g/mol. The molecule has 0 bridgehead atoms. The maximum atomic E-state index is 14.1. The molecule has 0 aliphatic heterocycles. The van der Waals surface area contributed by atoms with Crippen molar-refractivity contribution in [2.45, 2.75) is 59.0 Å². The molecule has 0 aliphatic carbocycles. The van der Waals surface area contributed by atoms with E-state index in [0.717, 1.165) is 39.2 Å². The van der Waals surface area contributed by atoms with Crippen LogP contribution in [0.5, 0.6) is 0 Å². The number of nitrogens with one attached hydrogen (secondary N) is 1. The van der Waals surface area contributed by atoms with Gasteiger partial charge in [0, 0.05) is 19.5 Å². The predicted molar refractivity (Wildman–Crippen MR) is 162 cm³/mol. The van der Waals surface area contributed by atoms with Crippen LogP contribution in [0.25, 0.3) is 0 Å². The van der Waals surface area contributed by atoms with Crippen molar-refractivity contribution in [3.8, 4) is 0 Å². The Bertz CT molecular complexity index is 1370. The quantitative estimate of drug-likeness (QED) is 0.315. The highest BCUT2D eigenvalue weighted by molar-refractivity contribution is 7.92. The number of aryl methyl sites for hydroxylation is 1. The number of carbonyl (C=O) groups is 2. The van der Waals surface area contributed by atoms with Gasteiger partial charge in [-0.05, 0) is 53.6 Å². The third-order valence-corrected chi connectivity index (χ3v) is 8.09. The number of anilines is 1. The van der Waals surface area contributed by atoms with Crippen LogP contribution < -0.4 is 9.62 Å². The Hall–Kier alpha value is -3.65. The summed E-state index contributed by atoms with van der Waals surface area (Å²) in [5.74, 6) is -0.429. The van der Waals surface area contributed by atoms with E-state index >= 15 is 0 Å². The van der Waals surface area contributed by atoms with E-state index in [2.05, 4.69) is 19.2 Å². The summed E-state index contributed by atoms with van der Waals surface area (Å²) >= 11 is 0. The van der Waals surface area contributed by atoms with Crippen molar-refractivity contribution in [3.05, 3.63) is 101 Å². The molecule has 3 aromatic carbocycles. The van der Waals surface area contributed by atoms with Gasteiger partial charge in [-0.25, -0.2) is 8.42 Å². The van der Waals surface area contributed by atoms with E-state index in [0.29, 0.717) is 18.7 Å². The summed E-state index contributed by atoms with van der Waals surface area (Å²) in [7, 11) is -3.79. The summed E-state index contributed by atoms with van der Waals surface area (Å²) in [4.78, 5) is 29.2. The summed E-state index contributed by atoms with van der Waals surface area (Å²) < 4.78 is 27.0. The molecule has 1 unspecified atom stereocenters. The summed E-state index contributed by atoms with van der Waals surface area (Å²) in [6.07, 6.45) is 2.15. The molecule has 0 saturated heterocycles. The second-order valence-electron chi connectivity index (χ2n) is 10.5. The molecule has 214 valence electrons. The SMILES string of the molecule is CCCNC(=O)C(Cc1ccccc1)N(Cc1ccccc1C)C(=O)CN(c1ccc(C(C)C)cc1)S(C)(=O)=O. The summed E-state index contributed by atoms with van der Waals surface area (Å²) in [6, 6.07) is 23.6. The van der Waals surface area contributed by atoms with Crippen molar-refractivity contribution in [2.24, 2.45) is 0 Å². The molecule has 0 fully saturated rings. The van der Waals surface area contributed by atoms with E-state index in [-0.39, 0.29) is 18.4 Å². The lowest BCUT2D eigenvalue weighted by molar-refractivity contribution is -0.140. The first-order valence-corrected chi connectivity index (χ1v) is 15.6. The number of rotatable bonds is 13. The van der Waals surface area contributed by atoms with Crippen molar-refractivity contribution >= 4 is 27.5 Å². The van der Waals surface area contributed by atoms with Gasteiger partial charge in [0.15, 0.2) is 0 Å². The van der Waals surface area contributed by atoms with Crippen molar-refractivity contribution < 1.29 is 18.0 Å². The van der Waals surface area contributed by atoms with Crippen LogP contribution in [0.3, 0.4) is 0 Å². The Morgan fingerprint density at radius 2 is 1.52 bits per heavy atom. The summed E-state index contributed by atoms with van der Waals surface area (Å²) in [6.45, 7) is 8.29. The Labute approximate surface area is 239 Å². The predicted octanol–water partition coefficient (Wildman–Crippen LogP) is 5.05. The van der Waals surface area contributed by atoms with Gasteiger partial charge in [0.1, 0.15) is 12.6 Å². The molecule has 8 heteroatoms. The highest BCUT2D eigenvalue weighted by Gasteiger charge is 2.33. The van der Waals surface area contributed by atoms with E-state index in [1.807, 2.05) is 80.6 Å². The number of hydrogen-bond acceptors (Lipinski definition) is 4. The van der Waals surface area contributed by atoms with Crippen LogP contribution in [0.4, 0.5) is 5.69 Å². The highest BCUT2D eigenvalue weighted by atomic mass is 32.2. The van der Waals surface area contributed by atoms with Gasteiger partial charge in [0.05, 0.1) is 11.9 Å². The zero-order chi connectivity index (χ0) is 29.3. The molecule has 1 N–H and O–H groups in total. The standard InChI is InChI=1S/C32H41N3O4S/c1-6-20-33-32(37)30(21-26-13-8-7-9-14-26)34(22-28-15-11-10-12-25(28)4)31(36)23-35(40(5,38)39)29-18-16-27(17-19-29)24(2)3/h7-19,24,30H,6,20-23H2,1-5H3,(H,33,37). The fraction of sp³-hybridized carbons (Fsp3) is 0.375. The number of hydrogen-bond donors (Lipinski definition) is 1. The second-order valence-corrected chi connectivity index (χ2v) is 12.4. The topological polar surface area (TPSA) is 86.8 Å². The molecule has 0 heterocycles. The van der Waals surface area contributed by atoms with Crippen LogP contribution in [-0.2, 0) is 32.6 Å². The zero-order valence-electron chi connectivity index (χ0n) is 24.1. The zero-order valence-corrected chi connectivity index (χ0v) is 24.9. The molecule has 3 rings (SSSR count). The molecule has 40 heavy (non-hydrogen) atoms. The van der Waals surface area contributed by atoms with E-state index in [9.17, 15) is 18.0 Å². The molecule has 0 aliphatic rings. The first-order chi connectivity index (χ1) is 19.0. The largest absolute Gasteiger partial charge is 0.354 e. The number of carbonyl (C=O) groups excluding carboxylic acids is 2. The molecule has 1 atom stereocenters. The van der Waals surface area contributed by atoms with E-state index in [1.54, 1.807) is 12.1 Å². The van der Waals surface area contributed by atoms with Gasteiger partial charge in [0.2, 0.25) is 21.8 Å². The first kappa shape index (κ1) is 30.9. The van der Waals surface area contributed by atoms with Gasteiger partial charge in [-0.2, -0.15) is 0 Å². The number of nitrogens with zero attached hydrogens (tertiary/aromatic N) is 2. The Kier molecular flexibility index (Phi) is 10.9. The summed E-state index contributed by atoms with van der Waals surface area (Å²) in [5, 5.41) is 2.96. The second kappa shape index (κ2) is 14.1. The first-order valence-electron chi connectivity index (χ1n) is 13.7. The third-order valence-electron chi connectivity index (χ3n) is 6.95. The molecule has 2 amide bonds. The average Bonchev–Trinajstić information content (AvgIpc) is 2.93. The fourth-order valence-electron chi connectivity index (χ4n) is 4.53. The Morgan fingerprint density at radius 3 is 2.10 bits per heavy atom. The fourth-order valence-corrected chi connectivity index (χ4v) is 5.38. The van der Waals surface area contributed by atoms with Crippen molar-refractivity contribution in [1.82, 2.24) is 10.2 Å². The maximum absolute atomic E-state index is 14.1. The van der Waals surface area contributed by atoms with E-state index in [1.165, 1.54) is 4.90 Å². The molecule has 0 saturated carbocycles. The van der Waals surface area contributed by atoms with Gasteiger partial charge >= 0.3 is 0 Å². The molecular formula is C32H41N3O4S. The highest BCUT2D eigenvalue weighted by Crippen LogP contribution is 2.23. The normalized spacial score (nSPS) is 12.2. The summed E-state index contributed by atoms with van der Waals surface area (Å²) in [5.41, 5.74) is 4.26. The number of amides is 2. The third kappa shape index (κ3) is 8.42. The van der Waals surface area contributed by atoms with Crippen LogP contribution in [0.2, 0.25) is 0 Å². The maximum Gasteiger partial charge on any atom is 0.244 e. The monoisotopic (exact) mass is 563 g/mol. The van der Waals surface area contributed by atoms with Gasteiger partial charge in [-0.1, -0.05) is 87.5 Å². The van der Waals surface area contributed by atoms with Crippen LogP contribution >= 0.6 is 0 Å². The smallest absolute Gasteiger partial charge is 0.244 e. The van der Waals surface area contributed by atoms with Crippen LogP contribution in [0.1, 0.15) is 55.4 Å². The minimum absolute atomic E-state index is 0.173. The van der Waals surface area contributed by atoms with Crippen LogP contribution in [0.15, 0.2) is 78.9 Å². The van der Waals surface area contributed by atoms with E-state index in [4.69, 9.17) is 0 Å². The van der Waals surface area contributed by atoms with Gasteiger partial charge in [-0.3, -0.25) is 13.9 Å². The molecule has 3 aromatic rings. The van der Waals surface area contributed by atoms with E-state index < -0.39 is 28.5 Å². The molecule has 0 aromatic heterocycles. The van der Waals surface area contributed by atoms with Crippen LogP contribution in [-0.4, -0.2) is 50.5 Å². The van der Waals surface area contributed by atoms with Crippen molar-refractivity contribution in [2.75, 3.05) is 23.7 Å². The minimum Gasteiger partial charge on any atom is -0.354 e. The number of sulfonamides is 1. The molecule has 0 radical (unpaired) electrons. The Morgan fingerprint density at radius 1 is 0.900 bits per heavy atom. The van der Waals surface area contributed by atoms with Crippen LogP contribution in [0, 0.1) is 6.92 Å². The van der Waals surface area contributed by atoms with Crippen molar-refractivity contribution in [1.29, 1.82) is 0 Å². The van der Waals surface area contributed by atoms with Gasteiger partial charge in [0.25, 0.3) is 0 Å². The minimum atomic E-state index is -3.79. The molecule has 0 spiro atoms. The van der Waals surface area contributed by atoms with Crippen molar-refractivity contribution in [3.63, 3.8) is 0 Å². The number of benzene rings is 3. The lowest BCUT2D eigenvalue weighted by Crippen LogP contribution is -2.53. The van der Waals surface area contributed by atoms with Gasteiger partial charge < -0.3 is 10.2 Å².